The van der Waals surface area contributed by atoms with Gasteiger partial charge in [-0.05, 0) is 37.6 Å². The molecule has 1 aromatic heterocycles. The maximum Gasteiger partial charge on any atom is 0.287 e. The minimum Gasteiger partial charge on any atom is -0.497 e. The number of pyridine rings is 1. The van der Waals surface area contributed by atoms with E-state index in [1.54, 1.807) is 52.3 Å². The zero-order chi connectivity index (χ0) is 17.9. The van der Waals surface area contributed by atoms with Crippen LogP contribution in [0, 0.1) is 25.2 Å². The van der Waals surface area contributed by atoms with E-state index < -0.39 is 5.56 Å². The fraction of sp³-hybridized carbons (Fsp3) is 0.222. The predicted octanol–water partition coefficient (Wildman–Crippen LogP) is 2.57. The minimum absolute atomic E-state index is 0.0996. The molecule has 1 heterocycles. The molecule has 24 heavy (non-hydrogen) atoms. The normalized spacial score (nSPS) is 9.96. The van der Waals surface area contributed by atoms with Crippen LogP contribution in [0.1, 0.15) is 22.4 Å². The first-order valence-electron chi connectivity index (χ1n) is 7.24. The van der Waals surface area contributed by atoms with Crippen molar-refractivity contribution in [3.63, 3.8) is 0 Å². The molecule has 2 rings (SSSR count). The van der Waals surface area contributed by atoms with Gasteiger partial charge in [0.05, 0.1) is 19.9 Å². The lowest BCUT2D eigenvalue weighted by molar-refractivity contribution is 0.393. The number of nitrogens with zero attached hydrogens (tertiary/aromatic N) is 2. The fourth-order valence-corrected chi connectivity index (χ4v) is 2.41. The van der Waals surface area contributed by atoms with E-state index in [0.717, 1.165) is 0 Å². The van der Waals surface area contributed by atoms with Gasteiger partial charge in [0.1, 0.15) is 23.1 Å². The van der Waals surface area contributed by atoms with Gasteiger partial charge in [0, 0.05) is 17.3 Å². The first kappa shape index (κ1) is 17.2. The third-order valence-corrected chi connectivity index (χ3v) is 3.68. The highest BCUT2D eigenvalue weighted by atomic mass is 16.5. The Labute approximate surface area is 140 Å². The lowest BCUT2D eigenvalue weighted by atomic mass is 10.1. The molecule has 0 saturated carbocycles. The Morgan fingerprint density at radius 1 is 1.25 bits per heavy atom. The molecule has 1 N–H and O–H groups in total. The molecule has 0 aliphatic rings. The summed E-state index contributed by atoms with van der Waals surface area (Å²) < 4.78 is 11.8. The van der Waals surface area contributed by atoms with Crippen LogP contribution >= 0.6 is 0 Å². The third-order valence-electron chi connectivity index (χ3n) is 3.68. The third kappa shape index (κ3) is 3.10. The van der Waals surface area contributed by atoms with Crippen LogP contribution in [0.2, 0.25) is 0 Å². The summed E-state index contributed by atoms with van der Waals surface area (Å²) in [6, 6.07) is 9.00. The van der Waals surface area contributed by atoms with Crippen molar-refractivity contribution < 1.29 is 9.47 Å². The molecule has 0 radical (unpaired) electrons. The lowest BCUT2D eigenvalue weighted by Gasteiger charge is -2.18. The molecule has 124 valence electrons. The number of nitriles is 1. The molecule has 2 aromatic rings. The first-order valence-corrected chi connectivity index (χ1v) is 7.24. The molecule has 0 unspecified atom stereocenters. The summed E-state index contributed by atoms with van der Waals surface area (Å²) >= 11 is 0. The zero-order valence-corrected chi connectivity index (χ0v) is 14.1. The van der Waals surface area contributed by atoms with Gasteiger partial charge in [-0.1, -0.05) is 6.58 Å². The van der Waals surface area contributed by atoms with Crippen LogP contribution in [0.25, 0.3) is 5.70 Å². The average molecular weight is 325 g/mol. The molecule has 0 aliphatic heterocycles. The predicted molar refractivity (Wildman–Crippen MR) is 92.8 cm³/mol. The van der Waals surface area contributed by atoms with Crippen LogP contribution in [0.15, 0.2) is 35.6 Å². The minimum atomic E-state index is -0.413. The maximum atomic E-state index is 12.4. The second kappa shape index (κ2) is 6.92. The number of rotatable bonds is 5. The maximum absolute atomic E-state index is 12.4. The quantitative estimate of drug-likeness (QED) is 0.914. The molecule has 0 fully saturated rings. The van der Waals surface area contributed by atoms with Gasteiger partial charge in [-0.15, -0.1) is 0 Å². The highest BCUT2D eigenvalue weighted by molar-refractivity contribution is 5.73. The molecular weight excluding hydrogens is 306 g/mol. The summed E-state index contributed by atoms with van der Waals surface area (Å²) in [7, 11) is 3.11. The molecule has 0 saturated heterocycles. The number of nitrogens with one attached hydrogen (secondary N) is 1. The van der Waals surface area contributed by atoms with E-state index in [2.05, 4.69) is 12.0 Å². The highest BCUT2D eigenvalue weighted by Crippen LogP contribution is 2.28. The van der Waals surface area contributed by atoms with Crippen LogP contribution in [-0.4, -0.2) is 18.9 Å². The van der Waals surface area contributed by atoms with Gasteiger partial charge in [0.2, 0.25) is 0 Å². The number of aromatic nitrogens is 1. The van der Waals surface area contributed by atoms with E-state index in [1.165, 1.54) is 4.68 Å². The van der Waals surface area contributed by atoms with Gasteiger partial charge in [0.15, 0.2) is 0 Å². The van der Waals surface area contributed by atoms with Gasteiger partial charge in [0.25, 0.3) is 5.56 Å². The van der Waals surface area contributed by atoms with Crippen molar-refractivity contribution in [1.29, 1.82) is 5.26 Å². The zero-order valence-electron chi connectivity index (χ0n) is 14.1. The molecule has 0 aliphatic carbocycles. The second-order valence-electron chi connectivity index (χ2n) is 5.25. The number of benzene rings is 1. The Kier molecular flexibility index (Phi) is 4.95. The van der Waals surface area contributed by atoms with Crippen LogP contribution in [0.4, 0.5) is 0 Å². The van der Waals surface area contributed by atoms with E-state index in [0.29, 0.717) is 34.0 Å². The van der Waals surface area contributed by atoms with Crippen molar-refractivity contribution in [2.24, 2.45) is 0 Å². The molecule has 0 bridgehead atoms. The van der Waals surface area contributed by atoms with Gasteiger partial charge in [-0.2, -0.15) is 5.26 Å². The summed E-state index contributed by atoms with van der Waals surface area (Å²) in [5.74, 6) is 1.21. The van der Waals surface area contributed by atoms with Crippen LogP contribution in [-0.2, 0) is 0 Å². The second-order valence-corrected chi connectivity index (χ2v) is 5.25. The van der Waals surface area contributed by atoms with Gasteiger partial charge in [-0.25, -0.2) is 4.68 Å². The number of hydrogen-bond acceptors (Lipinski definition) is 5. The molecule has 6 heteroatoms. The number of aryl methyl sites for hydroxylation is 2. The molecule has 1 aromatic carbocycles. The van der Waals surface area contributed by atoms with Gasteiger partial charge in [-0.3, -0.25) is 10.2 Å². The Morgan fingerprint density at radius 2 is 1.96 bits per heavy atom. The molecule has 0 amide bonds. The molecule has 0 spiro atoms. The van der Waals surface area contributed by atoms with Crippen LogP contribution in [0.5, 0.6) is 11.5 Å². The van der Waals surface area contributed by atoms with Gasteiger partial charge >= 0.3 is 0 Å². The number of methoxy groups -OCH3 is 2. The smallest absolute Gasteiger partial charge is 0.287 e. The Balaban J connectivity index is 2.45. The summed E-state index contributed by atoms with van der Waals surface area (Å²) in [6.07, 6.45) is 0. The van der Waals surface area contributed by atoms with Crippen molar-refractivity contribution in [1.82, 2.24) is 4.68 Å². The largest absolute Gasteiger partial charge is 0.497 e. The Bertz CT molecular complexity index is 892. The van der Waals surface area contributed by atoms with Crippen molar-refractivity contribution >= 4 is 5.70 Å². The molecule has 6 nitrogen and oxygen atoms in total. The number of ether oxygens (including phenoxy) is 2. The van der Waals surface area contributed by atoms with E-state index in [9.17, 15) is 4.79 Å². The SMILES string of the molecule is C=C(Nn1c(C)cc(C)c(C#N)c1=O)c1ccc(OC)cc1OC. The first-order chi connectivity index (χ1) is 11.4. The van der Waals surface area contributed by atoms with E-state index in [4.69, 9.17) is 14.7 Å². The standard InChI is InChI=1S/C18H19N3O3/c1-11-8-12(2)21(18(22)16(11)10-19)20-13(3)15-7-6-14(23-4)9-17(15)24-5/h6-9,20H,3H2,1-2,4-5H3. The summed E-state index contributed by atoms with van der Waals surface area (Å²) in [4.78, 5) is 12.4. The van der Waals surface area contributed by atoms with Gasteiger partial charge < -0.3 is 9.47 Å². The summed E-state index contributed by atoms with van der Waals surface area (Å²) in [5.41, 5.74) is 5.10. The monoisotopic (exact) mass is 325 g/mol. The highest BCUT2D eigenvalue weighted by Gasteiger charge is 2.13. The number of hydrogen-bond donors (Lipinski definition) is 1. The van der Waals surface area contributed by atoms with E-state index >= 15 is 0 Å². The molecule has 0 atom stereocenters. The Morgan fingerprint density at radius 3 is 2.54 bits per heavy atom. The fourth-order valence-electron chi connectivity index (χ4n) is 2.41. The molecular formula is C18H19N3O3. The summed E-state index contributed by atoms with van der Waals surface area (Å²) in [6.45, 7) is 7.48. The van der Waals surface area contributed by atoms with E-state index in [-0.39, 0.29) is 5.56 Å². The van der Waals surface area contributed by atoms with E-state index in [1.807, 2.05) is 6.07 Å². The topological polar surface area (TPSA) is 76.3 Å². The van der Waals surface area contributed by atoms with Crippen LogP contribution < -0.4 is 20.5 Å². The van der Waals surface area contributed by atoms with Crippen molar-refractivity contribution in [2.75, 3.05) is 19.6 Å². The summed E-state index contributed by atoms with van der Waals surface area (Å²) in [5, 5.41) is 9.16. The van der Waals surface area contributed by atoms with Crippen LogP contribution in [0.3, 0.4) is 0 Å². The van der Waals surface area contributed by atoms with Crippen molar-refractivity contribution in [3.8, 4) is 17.6 Å². The van der Waals surface area contributed by atoms with Crippen molar-refractivity contribution in [3.05, 3.63) is 63.6 Å². The lowest BCUT2D eigenvalue weighted by Crippen LogP contribution is -2.32. The van der Waals surface area contributed by atoms with Crippen molar-refractivity contribution in [2.45, 2.75) is 13.8 Å². The average Bonchev–Trinajstić information content (AvgIpc) is 2.57. The Hall–Kier alpha value is -3.20.